The molecular formula is C29H30O3P2. The molecule has 0 spiro atoms. The van der Waals surface area contributed by atoms with Crippen LogP contribution in [0.5, 0.6) is 0 Å². The van der Waals surface area contributed by atoms with E-state index < -0.39 is 14.3 Å². The van der Waals surface area contributed by atoms with Crippen LogP contribution in [0.1, 0.15) is 6.42 Å². The van der Waals surface area contributed by atoms with E-state index in [1.807, 2.05) is 121 Å². The van der Waals surface area contributed by atoms with Gasteiger partial charge in [0.1, 0.15) is 14.3 Å². The maximum Gasteiger partial charge on any atom is 0.145 e. The van der Waals surface area contributed by atoms with Gasteiger partial charge in [-0.25, -0.2) is 0 Å². The van der Waals surface area contributed by atoms with E-state index in [0.29, 0.717) is 32.0 Å². The highest BCUT2D eigenvalue weighted by molar-refractivity contribution is 7.79. The summed E-state index contributed by atoms with van der Waals surface area (Å²) in [6.07, 6.45) is 1.65. The Hall–Kier alpha value is -2.70. The van der Waals surface area contributed by atoms with Crippen LogP contribution in [0.3, 0.4) is 0 Å². The molecule has 3 nitrogen and oxygen atoms in total. The molecule has 0 atom stereocenters. The van der Waals surface area contributed by atoms with Gasteiger partial charge in [-0.1, -0.05) is 121 Å². The molecule has 5 heteroatoms. The second-order valence-corrected chi connectivity index (χ2v) is 14.2. The van der Waals surface area contributed by atoms with Crippen LogP contribution in [-0.4, -0.2) is 25.5 Å². The minimum Gasteiger partial charge on any atom is -0.381 e. The van der Waals surface area contributed by atoms with Crippen LogP contribution in [0.2, 0.25) is 0 Å². The maximum atomic E-state index is 14.1. The molecule has 4 rings (SSSR count). The van der Waals surface area contributed by atoms with Gasteiger partial charge >= 0.3 is 0 Å². The molecule has 0 saturated carbocycles. The Morgan fingerprint density at radius 1 is 0.441 bits per heavy atom. The largest absolute Gasteiger partial charge is 0.381 e. The van der Waals surface area contributed by atoms with E-state index in [1.54, 1.807) is 0 Å². The predicted molar refractivity (Wildman–Crippen MR) is 145 cm³/mol. The summed E-state index contributed by atoms with van der Waals surface area (Å²) < 4.78 is 34.1. The lowest BCUT2D eigenvalue weighted by Gasteiger charge is -2.20. The van der Waals surface area contributed by atoms with E-state index in [2.05, 4.69) is 0 Å². The normalized spacial score (nSPS) is 11.9. The Kier molecular flexibility index (Phi) is 8.35. The molecule has 34 heavy (non-hydrogen) atoms. The third kappa shape index (κ3) is 5.68. The summed E-state index contributed by atoms with van der Waals surface area (Å²) in [5.41, 5.74) is 0. The fraction of sp³-hybridized carbons (Fsp3) is 0.172. The standard InChI is InChI=1S/C29H30O3P2/c30-33(26-14-5-1-6-15-26,27-16-7-2-8-17-27)24-13-22-32-23-25-34(31,28-18-9-3-10-19-28)29-20-11-4-12-21-29/h1-12,14-21H,13,22-25H2. The molecule has 0 N–H and O–H groups in total. The zero-order valence-corrected chi connectivity index (χ0v) is 21.0. The van der Waals surface area contributed by atoms with E-state index >= 15 is 0 Å². The lowest BCUT2D eigenvalue weighted by molar-refractivity contribution is 0.150. The fourth-order valence-corrected chi connectivity index (χ4v) is 9.38. The van der Waals surface area contributed by atoms with Crippen LogP contribution in [0, 0.1) is 0 Å². The van der Waals surface area contributed by atoms with Crippen molar-refractivity contribution in [2.45, 2.75) is 6.42 Å². The van der Waals surface area contributed by atoms with Crippen molar-refractivity contribution in [3.8, 4) is 0 Å². The molecule has 4 aromatic carbocycles. The molecule has 0 heterocycles. The van der Waals surface area contributed by atoms with Crippen LogP contribution in [0.15, 0.2) is 121 Å². The summed E-state index contributed by atoms with van der Waals surface area (Å²) in [6, 6.07) is 38.8. The van der Waals surface area contributed by atoms with Gasteiger partial charge in [-0.3, -0.25) is 0 Å². The van der Waals surface area contributed by atoms with Crippen LogP contribution in [0.4, 0.5) is 0 Å². The molecular weight excluding hydrogens is 458 g/mol. The first-order chi connectivity index (χ1) is 16.6. The number of hydrogen-bond donors (Lipinski definition) is 0. The molecule has 0 fully saturated rings. The highest BCUT2D eigenvalue weighted by atomic mass is 31.2. The molecule has 0 saturated heterocycles. The van der Waals surface area contributed by atoms with Crippen molar-refractivity contribution in [3.05, 3.63) is 121 Å². The highest BCUT2D eigenvalue weighted by Gasteiger charge is 2.28. The van der Waals surface area contributed by atoms with Crippen LogP contribution < -0.4 is 21.2 Å². The summed E-state index contributed by atoms with van der Waals surface area (Å²) in [7, 11) is -5.52. The lowest BCUT2D eigenvalue weighted by atomic mass is 10.4. The van der Waals surface area contributed by atoms with Gasteiger partial charge in [-0.05, 0) is 6.42 Å². The molecule has 0 aromatic heterocycles. The Morgan fingerprint density at radius 3 is 1.12 bits per heavy atom. The van der Waals surface area contributed by atoms with Crippen molar-refractivity contribution < 1.29 is 13.9 Å². The monoisotopic (exact) mass is 488 g/mol. The van der Waals surface area contributed by atoms with E-state index in [-0.39, 0.29) is 0 Å². The quantitative estimate of drug-likeness (QED) is 0.209. The minimum atomic E-state index is -2.78. The summed E-state index contributed by atoms with van der Waals surface area (Å²) in [6.45, 7) is 0.870. The number of hydrogen-bond acceptors (Lipinski definition) is 3. The second kappa shape index (κ2) is 11.6. The van der Waals surface area contributed by atoms with Gasteiger partial charge in [-0.15, -0.1) is 0 Å². The molecule has 0 bridgehead atoms. The summed E-state index contributed by atoms with van der Waals surface area (Å²) in [4.78, 5) is 0. The molecule has 0 amide bonds. The van der Waals surface area contributed by atoms with Crippen molar-refractivity contribution in [2.75, 3.05) is 25.5 Å². The van der Waals surface area contributed by atoms with Crippen molar-refractivity contribution in [3.63, 3.8) is 0 Å². The van der Waals surface area contributed by atoms with Crippen molar-refractivity contribution in [2.24, 2.45) is 0 Å². The van der Waals surface area contributed by atoms with E-state index in [1.165, 1.54) is 0 Å². The number of benzene rings is 4. The van der Waals surface area contributed by atoms with Gasteiger partial charge in [0, 0.05) is 40.1 Å². The maximum absolute atomic E-state index is 14.1. The van der Waals surface area contributed by atoms with Crippen molar-refractivity contribution in [1.82, 2.24) is 0 Å². The fourth-order valence-electron chi connectivity index (χ4n) is 4.17. The van der Waals surface area contributed by atoms with Gasteiger partial charge in [0.05, 0.1) is 6.61 Å². The van der Waals surface area contributed by atoms with Crippen LogP contribution in [-0.2, 0) is 13.9 Å². The van der Waals surface area contributed by atoms with E-state index in [4.69, 9.17) is 4.74 Å². The lowest BCUT2D eigenvalue weighted by Crippen LogP contribution is -2.21. The zero-order valence-electron chi connectivity index (χ0n) is 19.2. The summed E-state index contributed by atoms with van der Waals surface area (Å²) in [5.74, 6) is 0. The Balaban J connectivity index is 1.39. The molecule has 174 valence electrons. The molecule has 0 radical (unpaired) electrons. The molecule has 0 aliphatic rings. The van der Waals surface area contributed by atoms with Gasteiger partial charge in [0.25, 0.3) is 0 Å². The predicted octanol–water partition coefficient (Wildman–Crippen LogP) is 5.42. The Morgan fingerprint density at radius 2 is 0.765 bits per heavy atom. The molecule has 0 unspecified atom stereocenters. The number of ether oxygens (including phenoxy) is 1. The average Bonchev–Trinajstić information content (AvgIpc) is 2.92. The van der Waals surface area contributed by atoms with Crippen molar-refractivity contribution >= 4 is 35.5 Å². The zero-order chi connectivity index (χ0) is 23.7. The molecule has 0 aliphatic carbocycles. The minimum absolute atomic E-state index is 0.391. The van der Waals surface area contributed by atoms with Gasteiger partial charge in [0.15, 0.2) is 0 Å². The average molecular weight is 489 g/mol. The summed E-state index contributed by atoms with van der Waals surface area (Å²) >= 11 is 0. The van der Waals surface area contributed by atoms with E-state index in [9.17, 15) is 9.13 Å². The van der Waals surface area contributed by atoms with Crippen molar-refractivity contribution in [1.29, 1.82) is 0 Å². The first kappa shape index (κ1) is 24.4. The first-order valence-corrected chi connectivity index (χ1v) is 15.4. The molecule has 0 aliphatic heterocycles. The highest BCUT2D eigenvalue weighted by Crippen LogP contribution is 2.44. The third-order valence-electron chi connectivity index (χ3n) is 6.01. The van der Waals surface area contributed by atoms with E-state index in [0.717, 1.165) is 21.2 Å². The number of rotatable bonds is 11. The third-order valence-corrected chi connectivity index (χ3v) is 12.3. The van der Waals surface area contributed by atoms with Crippen LogP contribution >= 0.6 is 14.3 Å². The second-order valence-electron chi connectivity index (χ2n) is 8.23. The Labute approximate surface area is 202 Å². The Bertz CT molecular complexity index is 1060. The topological polar surface area (TPSA) is 43.4 Å². The van der Waals surface area contributed by atoms with Crippen LogP contribution in [0.25, 0.3) is 0 Å². The van der Waals surface area contributed by atoms with Gasteiger partial charge in [-0.2, -0.15) is 0 Å². The van der Waals surface area contributed by atoms with Gasteiger partial charge in [0.2, 0.25) is 0 Å². The first-order valence-electron chi connectivity index (χ1n) is 11.6. The SMILES string of the molecule is O=P(CCCOCCP(=O)(c1ccccc1)c1ccccc1)(c1ccccc1)c1ccccc1. The van der Waals surface area contributed by atoms with Gasteiger partial charge < -0.3 is 13.9 Å². The smallest absolute Gasteiger partial charge is 0.145 e. The summed E-state index contributed by atoms with van der Waals surface area (Å²) in [5, 5.41) is 3.45. The molecule has 4 aromatic rings.